The Morgan fingerprint density at radius 3 is 2.66 bits per heavy atom. The van der Waals surface area contributed by atoms with E-state index in [-0.39, 0.29) is 28.5 Å². The number of carbonyl (C=O) groups excluding carboxylic acids is 2. The Morgan fingerprint density at radius 2 is 1.97 bits per heavy atom. The topological polar surface area (TPSA) is 116 Å². The minimum absolute atomic E-state index is 0.00674. The summed E-state index contributed by atoms with van der Waals surface area (Å²) in [5.74, 6) is -0.500. The van der Waals surface area contributed by atoms with Gasteiger partial charge in [0.25, 0.3) is 11.8 Å². The Balaban J connectivity index is 1.80. The zero-order valence-electron chi connectivity index (χ0n) is 15.1. The number of ether oxygens (including phenoxy) is 2. The summed E-state index contributed by atoms with van der Waals surface area (Å²) in [6, 6.07) is 11.1. The predicted octanol–water partition coefficient (Wildman–Crippen LogP) is 2.86. The molecule has 0 saturated carbocycles. The van der Waals surface area contributed by atoms with Crippen molar-refractivity contribution in [2.75, 3.05) is 13.7 Å². The number of carbonyl (C=O) groups is 2. The molecule has 0 saturated heterocycles. The van der Waals surface area contributed by atoms with Gasteiger partial charge in [0.1, 0.15) is 22.6 Å². The van der Waals surface area contributed by atoms with Crippen molar-refractivity contribution in [3.05, 3.63) is 63.6 Å². The second-order valence-electron chi connectivity index (χ2n) is 5.74. The number of methoxy groups -OCH3 is 1. The molecule has 1 aromatic heterocycles. The van der Waals surface area contributed by atoms with E-state index < -0.39 is 11.8 Å². The highest BCUT2D eigenvalue weighted by molar-refractivity contribution is 6.35. The van der Waals surface area contributed by atoms with Crippen LogP contribution in [0.5, 0.6) is 11.5 Å². The van der Waals surface area contributed by atoms with E-state index in [9.17, 15) is 9.59 Å². The zero-order chi connectivity index (χ0) is 21.0. The molecule has 1 heterocycles. The maximum Gasteiger partial charge on any atom is 0.278 e. The second-order valence-corrected chi connectivity index (χ2v) is 6.59. The second kappa shape index (κ2) is 8.85. The number of nitrogens with two attached hydrogens (primary N) is 1. The summed E-state index contributed by atoms with van der Waals surface area (Å²) in [5, 5.41) is 5.13. The summed E-state index contributed by atoms with van der Waals surface area (Å²) in [5.41, 5.74) is 7.91. The summed E-state index contributed by atoms with van der Waals surface area (Å²) >= 11 is 11.8. The molecule has 2 amide bonds. The van der Waals surface area contributed by atoms with Crippen LogP contribution in [-0.2, 0) is 4.79 Å². The van der Waals surface area contributed by atoms with Crippen LogP contribution in [0.4, 0.5) is 0 Å². The molecule has 10 heteroatoms. The molecule has 0 unspecified atom stereocenters. The Morgan fingerprint density at radius 1 is 1.17 bits per heavy atom. The molecule has 0 bridgehead atoms. The maximum atomic E-state index is 12.0. The van der Waals surface area contributed by atoms with Crippen LogP contribution < -0.4 is 26.2 Å². The van der Waals surface area contributed by atoms with Crippen LogP contribution in [0.1, 0.15) is 10.4 Å². The fourth-order valence-electron chi connectivity index (χ4n) is 2.38. The van der Waals surface area contributed by atoms with E-state index in [1.54, 1.807) is 24.3 Å². The lowest BCUT2D eigenvalue weighted by atomic mass is 10.1. The smallest absolute Gasteiger partial charge is 0.278 e. The van der Waals surface area contributed by atoms with Crippen molar-refractivity contribution in [1.82, 2.24) is 5.43 Å². The van der Waals surface area contributed by atoms with Crippen LogP contribution in [0.15, 0.2) is 52.0 Å². The van der Waals surface area contributed by atoms with Crippen molar-refractivity contribution < 1.29 is 23.5 Å². The number of fused-ring (bicyclic) bond motifs is 1. The van der Waals surface area contributed by atoms with Gasteiger partial charge in [-0.15, -0.1) is 5.10 Å². The van der Waals surface area contributed by atoms with Crippen molar-refractivity contribution in [3.63, 3.8) is 0 Å². The first kappa shape index (κ1) is 20.5. The summed E-state index contributed by atoms with van der Waals surface area (Å²) in [7, 11) is 1.52. The molecule has 0 spiro atoms. The molecule has 0 aliphatic carbocycles. The van der Waals surface area contributed by atoms with Crippen LogP contribution in [0.3, 0.4) is 0 Å². The van der Waals surface area contributed by atoms with Gasteiger partial charge in [-0.05, 0) is 42.5 Å². The number of amides is 2. The van der Waals surface area contributed by atoms with Crippen molar-refractivity contribution in [2.45, 2.75) is 0 Å². The molecule has 2 aromatic carbocycles. The number of benzene rings is 2. The molecule has 3 N–H and O–H groups in total. The van der Waals surface area contributed by atoms with Gasteiger partial charge in [0, 0.05) is 10.4 Å². The molecule has 8 nitrogen and oxygen atoms in total. The number of nitrogens with zero attached hydrogens (tertiary/aromatic N) is 1. The largest absolute Gasteiger partial charge is 0.497 e. The van der Waals surface area contributed by atoms with E-state index >= 15 is 0 Å². The zero-order valence-corrected chi connectivity index (χ0v) is 16.6. The number of rotatable bonds is 6. The molecule has 0 aliphatic rings. The fraction of sp³-hybridized carbons (Fsp3) is 0.105. The van der Waals surface area contributed by atoms with Crippen LogP contribution in [0.2, 0.25) is 10.0 Å². The van der Waals surface area contributed by atoms with Gasteiger partial charge in [-0.25, -0.2) is 5.43 Å². The summed E-state index contributed by atoms with van der Waals surface area (Å²) in [6.07, 6.45) is 0. The van der Waals surface area contributed by atoms with Crippen LogP contribution >= 0.6 is 23.2 Å². The summed E-state index contributed by atoms with van der Waals surface area (Å²) in [6.45, 7) is -0.373. The van der Waals surface area contributed by atoms with Crippen LogP contribution in [0.25, 0.3) is 11.0 Å². The molecule has 0 atom stereocenters. The minimum atomic E-state index is -0.768. The van der Waals surface area contributed by atoms with Crippen molar-refractivity contribution >= 4 is 46.0 Å². The Kier molecular flexibility index (Phi) is 6.26. The van der Waals surface area contributed by atoms with Crippen LogP contribution in [0, 0.1) is 0 Å². The molecule has 150 valence electrons. The van der Waals surface area contributed by atoms with Gasteiger partial charge >= 0.3 is 0 Å². The Labute approximate surface area is 174 Å². The lowest BCUT2D eigenvalue weighted by Gasteiger charge is -2.07. The average Bonchev–Trinajstić information content (AvgIpc) is 2.70. The third kappa shape index (κ3) is 4.98. The number of halogens is 2. The van der Waals surface area contributed by atoms with Crippen molar-refractivity contribution in [3.8, 4) is 11.5 Å². The fourth-order valence-corrected chi connectivity index (χ4v) is 2.84. The number of hydrogen-bond donors (Lipinski definition) is 2. The van der Waals surface area contributed by atoms with Crippen molar-refractivity contribution in [1.29, 1.82) is 0 Å². The highest BCUT2D eigenvalue weighted by Crippen LogP contribution is 2.27. The van der Waals surface area contributed by atoms with Gasteiger partial charge in [-0.2, -0.15) is 0 Å². The van der Waals surface area contributed by atoms with Crippen LogP contribution in [-0.4, -0.2) is 25.5 Å². The van der Waals surface area contributed by atoms with Gasteiger partial charge in [0.05, 0.1) is 12.1 Å². The van der Waals surface area contributed by atoms with E-state index in [2.05, 4.69) is 10.5 Å². The van der Waals surface area contributed by atoms with Gasteiger partial charge in [-0.1, -0.05) is 23.2 Å². The quantitative estimate of drug-likeness (QED) is 0.577. The Hall–Kier alpha value is -3.23. The molecule has 29 heavy (non-hydrogen) atoms. The van der Waals surface area contributed by atoms with Gasteiger partial charge in [-0.3, -0.25) is 9.59 Å². The third-order valence-corrected chi connectivity index (χ3v) is 4.28. The molecular formula is C19H15Cl2N3O5. The molecule has 0 fully saturated rings. The first-order chi connectivity index (χ1) is 13.9. The SMILES string of the molecule is COc1ccc2o/c(=N\NC(=O)COc3ccc(Cl)cc3Cl)c(C(N)=O)cc2c1. The predicted molar refractivity (Wildman–Crippen MR) is 107 cm³/mol. The van der Waals surface area contributed by atoms with Gasteiger partial charge < -0.3 is 19.6 Å². The molecule has 0 radical (unpaired) electrons. The normalized spacial score (nSPS) is 11.3. The van der Waals surface area contributed by atoms with E-state index in [0.29, 0.717) is 21.7 Å². The minimum Gasteiger partial charge on any atom is -0.497 e. The summed E-state index contributed by atoms with van der Waals surface area (Å²) in [4.78, 5) is 23.8. The standard InChI is InChI=1S/C19H15Cl2N3O5/c1-27-12-3-5-15-10(6-12)7-13(18(22)26)19(29-15)24-23-17(25)9-28-16-4-2-11(20)8-14(16)21/h2-8H,9H2,1H3,(H2,22,26)(H,23,25)/b24-19-. The highest BCUT2D eigenvalue weighted by Gasteiger charge is 2.11. The number of hydrogen-bond acceptors (Lipinski definition) is 6. The maximum absolute atomic E-state index is 12.0. The monoisotopic (exact) mass is 435 g/mol. The lowest BCUT2D eigenvalue weighted by molar-refractivity contribution is -0.123. The first-order valence-corrected chi connectivity index (χ1v) is 8.95. The highest BCUT2D eigenvalue weighted by atomic mass is 35.5. The van der Waals surface area contributed by atoms with E-state index in [1.807, 2.05) is 0 Å². The number of primary amides is 1. The summed E-state index contributed by atoms with van der Waals surface area (Å²) < 4.78 is 16.0. The first-order valence-electron chi connectivity index (χ1n) is 8.19. The van der Waals surface area contributed by atoms with Gasteiger partial charge in [0.15, 0.2) is 6.61 Å². The van der Waals surface area contributed by atoms with E-state index in [4.69, 9.17) is 42.8 Å². The lowest BCUT2D eigenvalue weighted by Crippen LogP contribution is -2.29. The van der Waals surface area contributed by atoms with Gasteiger partial charge in [0.2, 0.25) is 5.55 Å². The third-order valence-electron chi connectivity index (χ3n) is 3.75. The van der Waals surface area contributed by atoms with E-state index in [0.717, 1.165) is 0 Å². The Bertz CT molecular complexity index is 1160. The molecule has 3 aromatic rings. The number of nitrogens with one attached hydrogen (secondary N) is 1. The van der Waals surface area contributed by atoms with E-state index in [1.165, 1.54) is 25.3 Å². The molecular weight excluding hydrogens is 421 g/mol. The molecule has 3 rings (SSSR count). The molecule has 0 aliphatic heterocycles. The average molecular weight is 436 g/mol. The van der Waals surface area contributed by atoms with Crippen molar-refractivity contribution in [2.24, 2.45) is 10.8 Å².